The summed E-state index contributed by atoms with van der Waals surface area (Å²) in [5.41, 5.74) is 1.85. The predicted octanol–water partition coefficient (Wildman–Crippen LogP) is 3.86. The van der Waals surface area contributed by atoms with E-state index in [2.05, 4.69) is 11.9 Å². The van der Waals surface area contributed by atoms with Crippen molar-refractivity contribution in [2.75, 3.05) is 25.6 Å². The van der Waals surface area contributed by atoms with Crippen molar-refractivity contribution in [3.63, 3.8) is 0 Å². The third-order valence-electron chi connectivity index (χ3n) is 4.43. The van der Waals surface area contributed by atoms with Gasteiger partial charge in [0.15, 0.2) is 0 Å². The molecule has 2 amide bonds. The molecule has 0 saturated carbocycles. The van der Waals surface area contributed by atoms with Crippen molar-refractivity contribution < 1.29 is 19.1 Å². The van der Waals surface area contributed by atoms with Crippen molar-refractivity contribution >= 4 is 23.1 Å². The highest BCUT2D eigenvalue weighted by atomic mass is 16.5. The maximum Gasteiger partial charge on any atom is 0.278 e. The Kier molecular flexibility index (Phi) is 6.34. The molecule has 29 heavy (non-hydrogen) atoms. The lowest BCUT2D eigenvalue weighted by Gasteiger charge is -2.12. The van der Waals surface area contributed by atoms with Crippen LogP contribution in [0.5, 0.6) is 11.5 Å². The first-order valence-corrected chi connectivity index (χ1v) is 9.44. The molecule has 1 heterocycles. The quantitative estimate of drug-likeness (QED) is 0.518. The lowest BCUT2D eigenvalue weighted by atomic mass is 10.0. The Bertz CT molecular complexity index is 948. The summed E-state index contributed by atoms with van der Waals surface area (Å²) in [5.74, 6) is 0.620. The van der Waals surface area contributed by atoms with Crippen LogP contribution in [-0.4, -0.2) is 37.0 Å². The molecule has 6 heteroatoms. The summed E-state index contributed by atoms with van der Waals surface area (Å²) >= 11 is 0. The lowest BCUT2D eigenvalue weighted by Crippen LogP contribution is -2.32. The molecule has 1 aliphatic heterocycles. The second kappa shape index (κ2) is 9.10. The topological polar surface area (TPSA) is 67.9 Å². The highest BCUT2D eigenvalue weighted by Gasteiger charge is 2.38. The van der Waals surface area contributed by atoms with Gasteiger partial charge in [0.05, 0.1) is 19.3 Å². The van der Waals surface area contributed by atoms with Gasteiger partial charge < -0.3 is 14.8 Å². The summed E-state index contributed by atoms with van der Waals surface area (Å²) in [6.45, 7) is 6.44. The molecule has 0 spiro atoms. The minimum Gasteiger partial charge on any atom is -0.497 e. The van der Waals surface area contributed by atoms with Crippen LogP contribution in [0, 0.1) is 0 Å². The van der Waals surface area contributed by atoms with Gasteiger partial charge in [0.1, 0.15) is 17.2 Å². The maximum atomic E-state index is 13.0. The zero-order valence-corrected chi connectivity index (χ0v) is 16.6. The minimum absolute atomic E-state index is 0.141. The van der Waals surface area contributed by atoms with Crippen LogP contribution in [-0.2, 0) is 9.59 Å². The van der Waals surface area contributed by atoms with Gasteiger partial charge in [0.2, 0.25) is 0 Å². The Morgan fingerprint density at radius 2 is 1.83 bits per heavy atom. The number of rotatable bonds is 9. The van der Waals surface area contributed by atoms with Crippen LogP contribution in [0.4, 0.5) is 5.69 Å². The molecule has 0 fully saturated rings. The molecule has 6 nitrogen and oxygen atoms in total. The van der Waals surface area contributed by atoms with Gasteiger partial charge in [0, 0.05) is 18.3 Å². The zero-order valence-electron chi connectivity index (χ0n) is 16.6. The van der Waals surface area contributed by atoms with Crippen LogP contribution in [0.25, 0.3) is 5.57 Å². The van der Waals surface area contributed by atoms with Gasteiger partial charge in [-0.2, -0.15) is 0 Å². The van der Waals surface area contributed by atoms with E-state index in [0.29, 0.717) is 29.2 Å². The fraction of sp³-hybridized carbons (Fsp3) is 0.217. The van der Waals surface area contributed by atoms with Crippen molar-refractivity contribution in [2.45, 2.75) is 13.3 Å². The van der Waals surface area contributed by atoms with E-state index in [1.807, 2.05) is 19.1 Å². The molecular weight excluding hydrogens is 368 g/mol. The number of hydrogen-bond acceptors (Lipinski definition) is 5. The molecule has 0 aliphatic carbocycles. The highest BCUT2D eigenvalue weighted by Crippen LogP contribution is 2.32. The number of anilines is 1. The molecule has 1 N–H and O–H groups in total. The number of carbonyl (C=O) groups is 2. The van der Waals surface area contributed by atoms with E-state index in [4.69, 9.17) is 9.47 Å². The molecule has 0 radical (unpaired) electrons. The first kappa shape index (κ1) is 20.2. The summed E-state index contributed by atoms with van der Waals surface area (Å²) in [6, 6.07) is 14.4. The molecule has 2 aromatic rings. The average Bonchev–Trinajstić information content (AvgIpc) is 2.97. The number of benzene rings is 2. The van der Waals surface area contributed by atoms with Crippen molar-refractivity contribution in [3.8, 4) is 11.5 Å². The van der Waals surface area contributed by atoms with E-state index >= 15 is 0 Å². The van der Waals surface area contributed by atoms with Gasteiger partial charge in [-0.05, 0) is 36.2 Å². The van der Waals surface area contributed by atoms with E-state index in [1.165, 1.54) is 11.0 Å². The van der Waals surface area contributed by atoms with Gasteiger partial charge in [-0.15, -0.1) is 6.58 Å². The Morgan fingerprint density at radius 3 is 2.48 bits per heavy atom. The molecule has 0 unspecified atom stereocenters. The molecule has 3 rings (SSSR count). The van der Waals surface area contributed by atoms with Crippen molar-refractivity contribution in [1.29, 1.82) is 0 Å². The fourth-order valence-corrected chi connectivity index (χ4v) is 3.04. The van der Waals surface area contributed by atoms with Gasteiger partial charge in [-0.3, -0.25) is 14.5 Å². The summed E-state index contributed by atoms with van der Waals surface area (Å²) in [4.78, 5) is 27.1. The van der Waals surface area contributed by atoms with Gasteiger partial charge in [-0.25, -0.2) is 0 Å². The molecule has 0 bridgehead atoms. The third kappa shape index (κ3) is 4.32. The van der Waals surface area contributed by atoms with Crippen LogP contribution >= 0.6 is 0 Å². The molecular formula is C23H24N2O4. The summed E-state index contributed by atoms with van der Waals surface area (Å²) in [5, 5.41) is 3.10. The Labute approximate surface area is 170 Å². The maximum absolute atomic E-state index is 13.0. The number of nitrogens with one attached hydrogen (secondary N) is 1. The van der Waals surface area contributed by atoms with Crippen LogP contribution < -0.4 is 14.8 Å². The normalized spacial score (nSPS) is 13.7. The Morgan fingerprint density at radius 1 is 1.07 bits per heavy atom. The van der Waals surface area contributed by atoms with Gasteiger partial charge in [0.25, 0.3) is 11.8 Å². The van der Waals surface area contributed by atoms with Crippen LogP contribution in [0.1, 0.15) is 18.9 Å². The van der Waals surface area contributed by atoms with E-state index < -0.39 is 0 Å². The molecule has 0 saturated heterocycles. The van der Waals surface area contributed by atoms with E-state index in [-0.39, 0.29) is 24.1 Å². The Hall–Kier alpha value is -3.54. The fourth-order valence-electron chi connectivity index (χ4n) is 3.04. The number of amides is 2. The first-order chi connectivity index (χ1) is 14.1. The van der Waals surface area contributed by atoms with Gasteiger partial charge in [-0.1, -0.05) is 31.2 Å². The summed E-state index contributed by atoms with van der Waals surface area (Å²) in [6.07, 6.45) is 2.44. The number of nitrogens with zero attached hydrogens (tertiary/aromatic N) is 1. The summed E-state index contributed by atoms with van der Waals surface area (Å²) < 4.78 is 10.8. The SMILES string of the molecule is C=CCN1C(=O)C(Nc2cccc(OC)c2)=C(c2ccc(OCCC)cc2)C1=O. The molecule has 0 atom stereocenters. The molecule has 0 aromatic heterocycles. The van der Waals surface area contributed by atoms with E-state index in [0.717, 1.165) is 12.2 Å². The van der Waals surface area contributed by atoms with Crippen LogP contribution in [0.15, 0.2) is 66.9 Å². The minimum atomic E-state index is -0.390. The zero-order chi connectivity index (χ0) is 20.8. The largest absolute Gasteiger partial charge is 0.497 e. The smallest absolute Gasteiger partial charge is 0.278 e. The van der Waals surface area contributed by atoms with Crippen molar-refractivity contribution in [3.05, 3.63) is 72.4 Å². The number of hydrogen-bond donors (Lipinski definition) is 1. The standard InChI is InChI=1S/C23H24N2O4/c1-4-13-25-22(26)20(16-9-11-18(12-10-16)29-14-5-2)21(23(25)27)24-17-7-6-8-19(15-17)28-3/h4,6-12,15,24H,1,5,13-14H2,2-3H3. The second-order valence-corrected chi connectivity index (χ2v) is 6.49. The monoisotopic (exact) mass is 392 g/mol. The number of carbonyl (C=O) groups excluding carboxylic acids is 2. The number of methoxy groups -OCH3 is 1. The number of ether oxygens (including phenoxy) is 2. The molecule has 2 aromatic carbocycles. The molecule has 150 valence electrons. The highest BCUT2D eigenvalue weighted by molar-refractivity contribution is 6.36. The first-order valence-electron chi connectivity index (χ1n) is 9.44. The Balaban J connectivity index is 1.99. The van der Waals surface area contributed by atoms with E-state index in [1.54, 1.807) is 43.5 Å². The van der Waals surface area contributed by atoms with E-state index in [9.17, 15) is 9.59 Å². The summed E-state index contributed by atoms with van der Waals surface area (Å²) in [7, 11) is 1.57. The third-order valence-corrected chi connectivity index (χ3v) is 4.43. The second-order valence-electron chi connectivity index (χ2n) is 6.49. The molecule has 1 aliphatic rings. The van der Waals surface area contributed by atoms with Crippen LogP contribution in [0.3, 0.4) is 0 Å². The number of imide groups is 1. The lowest BCUT2D eigenvalue weighted by molar-refractivity contribution is -0.136. The van der Waals surface area contributed by atoms with Crippen molar-refractivity contribution in [2.24, 2.45) is 0 Å². The van der Waals surface area contributed by atoms with Gasteiger partial charge >= 0.3 is 0 Å². The van der Waals surface area contributed by atoms with Crippen molar-refractivity contribution in [1.82, 2.24) is 4.90 Å². The average molecular weight is 392 g/mol. The predicted molar refractivity (Wildman–Crippen MR) is 113 cm³/mol. The van der Waals surface area contributed by atoms with Crippen LogP contribution in [0.2, 0.25) is 0 Å².